The van der Waals surface area contributed by atoms with E-state index in [4.69, 9.17) is 4.99 Å². The number of aryl methyl sites for hydroxylation is 1. The van der Waals surface area contributed by atoms with E-state index in [1.807, 2.05) is 0 Å². The minimum atomic E-state index is -0.0211. The Bertz CT molecular complexity index is 701. The molecule has 1 amide bonds. The lowest BCUT2D eigenvalue weighted by atomic mass is 9.79. The van der Waals surface area contributed by atoms with Gasteiger partial charge in [0.15, 0.2) is 5.96 Å². The first-order valence-electron chi connectivity index (χ1n) is 10.2. The number of hydrogen-bond acceptors (Lipinski definition) is 2. The molecular formula is C22H35IN4O. The number of guanidine groups is 1. The van der Waals surface area contributed by atoms with Gasteiger partial charge in [-0.1, -0.05) is 43.7 Å². The molecule has 0 aromatic heterocycles. The van der Waals surface area contributed by atoms with Gasteiger partial charge in [0.25, 0.3) is 0 Å². The molecule has 0 radical (unpaired) electrons. The van der Waals surface area contributed by atoms with Crippen LogP contribution in [-0.2, 0) is 10.2 Å². The maximum absolute atomic E-state index is 11.8. The summed E-state index contributed by atoms with van der Waals surface area (Å²) in [5, 5.41) is 6.50. The molecule has 2 saturated heterocycles. The molecule has 156 valence electrons. The molecular weight excluding hydrogens is 463 g/mol. The van der Waals surface area contributed by atoms with Gasteiger partial charge in [0, 0.05) is 43.4 Å². The Labute approximate surface area is 186 Å². The summed E-state index contributed by atoms with van der Waals surface area (Å²) in [5.41, 5.74) is 2.66. The van der Waals surface area contributed by atoms with Crippen molar-refractivity contribution < 1.29 is 4.79 Å². The Hall–Kier alpha value is -1.31. The van der Waals surface area contributed by atoms with E-state index in [9.17, 15) is 4.79 Å². The normalized spacial score (nSPS) is 22.8. The molecule has 1 aromatic carbocycles. The number of amides is 1. The van der Waals surface area contributed by atoms with Crippen molar-refractivity contribution in [2.24, 2.45) is 10.4 Å². The average molecular weight is 498 g/mol. The zero-order chi connectivity index (χ0) is 19.5. The minimum absolute atomic E-state index is 0. The van der Waals surface area contributed by atoms with Crippen molar-refractivity contribution in [1.29, 1.82) is 0 Å². The number of carbonyl (C=O) groups excluding carboxylic acids is 1. The Morgan fingerprint density at radius 3 is 2.64 bits per heavy atom. The van der Waals surface area contributed by atoms with Crippen LogP contribution in [0.3, 0.4) is 0 Å². The van der Waals surface area contributed by atoms with E-state index < -0.39 is 0 Å². The molecule has 5 nitrogen and oxygen atoms in total. The van der Waals surface area contributed by atoms with Gasteiger partial charge in [-0.2, -0.15) is 0 Å². The van der Waals surface area contributed by atoms with Gasteiger partial charge in [0.05, 0.1) is 6.54 Å². The second-order valence-electron chi connectivity index (χ2n) is 8.90. The fourth-order valence-electron chi connectivity index (χ4n) is 4.22. The highest BCUT2D eigenvalue weighted by Crippen LogP contribution is 2.36. The van der Waals surface area contributed by atoms with Gasteiger partial charge in [0.1, 0.15) is 0 Å². The first-order valence-corrected chi connectivity index (χ1v) is 10.2. The third kappa shape index (κ3) is 5.39. The summed E-state index contributed by atoms with van der Waals surface area (Å²) in [7, 11) is 0. The Morgan fingerprint density at radius 2 is 2.04 bits per heavy atom. The third-order valence-corrected chi connectivity index (χ3v) is 5.95. The predicted octanol–water partition coefficient (Wildman–Crippen LogP) is 3.46. The Balaban J connectivity index is 0.00000280. The Kier molecular flexibility index (Phi) is 7.76. The molecule has 0 saturated carbocycles. The molecule has 2 aliphatic rings. The molecule has 6 heteroatoms. The van der Waals surface area contributed by atoms with Crippen molar-refractivity contribution in [3.63, 3.8) is 0 Å². The number of benzene rings is 1. The fraction of sp³-hybridized carbons (Fsp3) is 0.636. The van der Waals surface area contributed by atoms with Crippen molar-refractivity contribution in [3.8, 4) is 0 Å². The lowest BCUT2D eigenvalue weighted by Crippen LogP contribution is -2.51. The number of piperidine rings is 1. The highest BCUT2D eigenvalue weighted by molar-refractivity contribution is 14.0. The second-order valence-corrected chi connectivity index (χ2v) is 8.90. The van der Waals surface area contributed by atoms with Crippen LogP contribution in [0.25, 0.3) is 0 Å². The van der Waals surface area contributed by atoms with Gasteiger partial charge in [0.2, 0.25) is 5.91 Å². The third-order valence-electron chi connectivity index (χ3n) is 5.95. The van der Waals surface area contributed by atoms with Crippen molar-refractivity contribution in [2.75, 3.05) is 32.7 Å². The zero-order valence-electron chi connectivity index (χ0n) is 17.7. The maximum Gasteiger partial charge on any atom is 0.220 e. The summed E-state index contributed by atoms with van der Waals surface area (Å²) in [5.74, 6) is 1.18. The summed E-state index contributed by atoms with van der Waals surface area (Å²) in [6.45, 7) is 13.0. The van der Waals surface area contributed by atoms with E-state index in [0.29, 0.717) is 6.42 Å². The van der Waals surface area contributed by atoms with Gasteiger partial charge in [-0.25, -0.2) is 0 Å². The number of aliphatic imine (C=N–C) groups is 1. The molecule has 28 heavy (non-hydrogen) atoms. The number of likely N-dealkylation sites (tertiary alicyclic amines) is 1. The molecule has 1 aromatic rings. The molecule has 1 atom stereocenters. The highest BCUT2D eigenvalue weighted by atomic mass is 127. The summed E-state index contributed by atoms with van der Waals surface area (Å²) >= 11 is 0. The molecule has 1 unspecified atom stereocenters. The van der Waals surface area contributed by atoms with Crippen LogP contribution in [0.15, 0.2) is 29.3 Å². The van der Waals surface area contributed by atoms with Crippen LogP contribution in [0.5, 0.6) is 0 Å². The molecule has 2 N–H and O–H groups in total. The number of hydrogen-bond donors (Lipinski definition) is 2. The van der Waals surface area contributed by atoms with Gasteiger partial charge < -0.3 is 15.5 Å². The first kappa shape index (κ1) is 23.0. The van der Waals surface area contributed by atoms with E-state index in [2.05, 4.69) is 67.5 Å². The largest absolute Gasteiger partial charge is 0.357 e. The molecule has 2 aliphatic heterocycles. The molecule has 2 fully saturated rings. The number of carbonyl (C=O) groups is 1. The lowest BCUT2D eigenvalue weighted by Gasteiger charge is -2.41. The fourth-order valence-corrected chi connectivity index (χ4v) is 4.22. The van der Waals surface area contributed by atoms with Gasteiger partial charge in [-0.3, -0.25) is 9.79 Å². The van der Waals surface area contributed by atoms with Crippen molar-refractivity contribution in [2.45, 2.75) is 52.4 Å². The standard InChI is InChI=1S/C22H34N4O.HI/c1-5-23-20(25-14-21(3,4)18-9-7-17(2)8-10-18)26-12-6-11-22(16-26)13-19(27)24-15-22;/h7-10H,5-6,11-16H2,1-4H3,(H,23,25)(H,24,27);1H. The van der Waals surface area contributed by atoms with Gasteiger partial charge in [-0.15, -0.1) is 24.0 Å². The van der Waals surface area contributed by atoms with Gasteiger partial charge >= 0.3 is 0 Å². The zero-order valence-corrected chi connectivity index (χ0v) is 20.0. The lowest BCUT2D eigenvalue weighted by molar-refractivity contribution is -0.119. The van der Waals surface area contributed by atoms with Gasteiger partial charge in [-0.05, 0) is 32.3 Å². The SMILES string of the molecule is CCNC(=NCC(C)(C)c1ccc(C)cc1)N1CCCC2(CNC(=O)C2)C1.I. The van der Waals surface area contributed by atoms with E-state index >= 15 is 0 Å². The second kappa shape index (κ2) is 9.46. The van der Waals surface area contributed by atoms with Crippen molar-refractivity contribution >= 4 is 35.8 Å². The molecule has 3 rings (SSSR count). The van der Waals surface area contributed by atoms with Crippen LogP contribution in [-0.4, -0.2) is 49.5 Å². The average Bonchev–Trinajstić information content (AvgIpc) is 2.98. The number of nitrogens with one attached hydrogen (secondary N) is 2. The van der Waals surface area contributed by atoms with Crippen molar-refractivity contribution in [1.82, 2.24) is 15.5 Å². The van der Waals surface area contributed by atoms with E-state index in [1.54, 1.807) is 0 Å². The first-order chi connectivity index (χ1) is 12.8. The molecule has 0 aliphatic carbocycles. The van der Waals surface area contributed by atoms with E-state index in [-0.39, 0.29) is 40.7 Å². The summed E-state index contributed by atoms with van der Waals surface area (Å²) in [4.78, 5) is 19.1. The molecule has 2 heterocycles. The van der Waals surface area contributed by atoms with Crippen molar-refractivity contribution in [3.05, 3.63) is 35.4 Å². The predicted molar refractivity (Wildman–Crippen MR) is 126 cm³/mol. The smallest absolute Gasteiger partial charge is 0.220 e. The Morgan fingerprint density at radius 1 is 1.32 bits per heavy atom. The number of nitrogens with zero attached hydrogens (tertiary/aromatic N) is 2. The van der Waals surface area contributed by atoms with Crippen LogP contribution in [0.1, 0.15) is 51.2 Å². The monoisotopic (exact) mass is 498 g/mol. The molecule has 0 bridgehead atoms. The quantitative estimate of drug-likeness (QED) is 0.380. The van der Waals surface area contributed by atoms with Crippen LogP contribution >= 0.6 is 24.0 Å². The van der Waals surface area contributed by atoms with Crippen LogP contribution in [0.4, 0.5) is 0 Å². The van der Waals surface area contributed by atoms with E-state index in [0.717, 1.165) is 51.5 Å². The summed E-state index contributed by atoms with van der Waals surface area (Å²) in [6.07, 6.45) is 2.88. The highest BCUT2D eigenvalue weighted by Gasteiger charge is 2.42. The minimum Gasteiger partial charge on any atom is -0.357 e. The number of halogens is 1. The van der Waals surface area contributed by atoms with Crippen LogP contribution in [0.2, 0.25) is 0 Å². The van der Waals surface area contributed by atoms with E-state index in [1.165, 1.54) is 11.1 Å². The summed E-state index contributed by atoms with van der Waals surface area (Å²) < 4.78 is 0. The molecule has 1 spiro atoms. The maximum atomic E-state index is 11.8. The number of rotatable bonds is 4. The van der Waals surface area contributed by atoms with Crippen LogP contribution < -0.4 is 10.6 Å². The topological polar surface area (TPSA) is 56.7 Å². The van der Waals surface area contributed by atoms with Crippen LogP contribution in [0, 0.1) is 12.3 Å². The summed E-state index contributed by atoms with van der Waals surface area (Å²) in [6, 6.07) is 8.77.